The van der Waals surface area contributed by atoms with E-state index in [2.05, 4.69) is 20.8 Å². The van der Waals surface area contributed by atoms with Gasteiger partial charge in [0.05, 0.1) is 18.2 Å². The van der Waals surface area contributed by atoms with E-state index >= 15 is 0 Å². The molecule has 0 spiro atoms. The number of aliphatic imine (C=N–C) groups is 1. The van der Waals surface area contributed by atoms with Crippen LogP contribution in [0.2, 0.25) is 0 Å². The second kappa shape index (κ2) is 9.78. The van der Waals surface area contributed by atoms with Gasteiger partial charge >= 0.3 is 5.37 Å². The lowest BCUT2D eigenvalue weighted by molar-refractivity contribution is 0.231. The maximum atomic E-state index is 13.7. The van der Waals surface area contributed by atoms with E-state index < -0.39 is 23.3 Å². The summed E-state index contributed by atoms with van der Waals surface area (Å²) in [6, 6.07) is 16.4. The van der Waals surface area contributed by atoms with E-state index in [9.17, 15) is 13.6 Å². The van der Waals surface area contributed by atoms with Gasteiger partial charge in [0, 0.05) is 0 Å². The van der Waals surface area contributed by atoms with Gasteiger partial charge in [0.2, 0.25) is 0 Å². The number of rotatable bonds is 5. The van der Waals surface area contributed by atoms with Crippen LogP contribution in [0, 0.1) is 11.6 Å². The van der Waals surface area contributed by atoms with Crippen molar-refractivity contribution in [3.63, 3.8) is 0 Å². The molecule has 1 amide bonds. The normalized spacial score (nSPS) is 17.9. The van der Waals surface area contributed by atoms with Crippen LogP contribution in [0.1, 0.15) is 62.0 Å². The van der Waals surface area contributed by atoms with Crippen molar-refractivity contribution in [2.75, 3.05) is 6.61 Å². The molecular weight excluding hydrogens is 470 g/mol. The second-order valence-corrected chi connectivity index (χ2v) is 9.79. The summed E-state index contributed by atoms with van der Waals surface area (Å²) in [5.41, 5.74) is 2.92. The number of benzene rings is 3. The zero-order chi connectivity index (χ0) is 25.3. The smallest absolute Gasteiger partial charge is 0.322 e. The van der Waals surface area contributed by atoms with Crippen molar-refractivity contribution in [3.05, 3.63) is 101 Å². The second-order valence-electron chi connectivity index (χ2n) is 9.46. The zero-order valence-electron chi connectivity index (χ0n) is 20.1. The Balaban J connectivity index is 1.91. The lowest BCUT2D eigenvalue weighted by Crippen LogP contribution is -2.34. The first kappa shape index (κ1) is 24.9. The molecule has 3 aromatic rings. The first-order valence-corrected chi connectivity index (χ1v) is 11.8. The number of amides is 1. The Morgan fingerprint density at radius 2 is 1.54 bits per heavy atom. The molecule has 0 saturated heterocycles. The molecular formula is C28H27ClF2N2O2. The Morgan fingerprint density at radius 1 is 0.971 bits per heavy atom. The molecule has 0 fully saturated rings. The number of hydrogen-bond donors (Lipinski definition) is 0. The van der Waals surface area contributed by atoms with Crippen LogP contribution in [0.15, 0.2) is 71.7 Å². The molecule has 0 aliphatic carbocycles. The van der Waals surface area contributed by atoms with Gasteiger partial charge in [-0.3, -0.25) is 14.7 Å². The molecule has 7 heteroatoms. The molecule has 1 heterocycles. The number of amidine groups is 1. The molecule has 3 aromatic carbocycles. The molecule has 1 aliphatic heterocycles. The molecule has 4 nitrogen and oxygen atoms in total. The maximum Gasteiger partial charge on any atom is 0.322 e. The number of carbonyl (C=O) groups excluding carboxylic acids is 1. The summed E-state index contributed by atoms with van der Waals surface area (Å²) in [7, 11) is 0. The Labute approximate surface area is 209 Å². The van der Waals surface area contributed by atoms with Crippen LogP contribution in [0.25, 0.3) is 0 Å². The zero-order valence-corrected chi connectivity index (χ0v) is 20.8. The Bertz CT molecular complexity index is 1250. The quantitative estimate of drug-likeness (QED) is 0.270. The van der Waals surface area contributed by atoms with E-state index in [1.165, 1.54) is 29.2 Å². The summed E-state index contributed by atoms with van der Waals surface area (Å²) < 4.78 is 33.4. The highest BCUT2D eigenvalue weighted by Gasteiger charge is 2.42. The van der Waals surface area contributed by atoms with E-state index in [4.69, 9.17) is 21.3 Å². The van der Waals surface area contributed by atoms with Gasteiger partial charge in [-0.05, 0) is 77.0 Å². The summed E-state index contributed by atoms with van der Waals surface area (Å²) in [6.07, 6.45) is 0. The van der Waals surface area contributed by atoms with Gasteiger partial charge in [0.1, 0.15) is 29.3 Å². The number of nitrogens with zero attached hydrogens (tertiary/aromatic N) is 2. The number of ether oxygens (including phenoxy) is 1. The minimum Gasteiger partial charge on any atom is -0.493 e. The fourth-order valence-electron chi connectivity index (χ4n) is 4.29. The average Bonchev–Trinajstić information content (AvgIpc) is 3.20. The molecule has 182 valence electrons. The highest BCUT2D eigenvalue weighted by molar-refractivity contribution is 6.64. The highest BCUT2D eigenvalue weighted by atomic mass is 35.5. The van der Waals surface area contributed by atoms with Crippen molar-refractivity contribution in [3.8, 4) is 5.75 Å². The molecule has 0 bridgehead atoms. The maximum absolute atomic E-state index is 13.7. The van der Waals surface area contributed by atoms with Gasteiger partial charge in [-0.2, -0.15) is 0 Å². The van der Waals surface area contributed by atoms with Crippen LogP contribution in [-0.2, 0) is 5.41 Å². The fraction of sp³-hybridized carbons (Fsp3) is 0.286. The van der Waals surface area contributed by atoms with Crippen molar-refractivity contribution in [1.82, 2.24) is 4.90 Å². The number of carbonyl (C=O) groups is 1. The largest absolute Gasteiger partial charge is 0.493 e. The van der Waals surface area contributed by atoms with Crippen molar-refractivity contribution in [2.24, 2.45) is 4.99 Å². The van der Waals surface area contributed by atoms with Crippen LogP contribution in [0.4, 0.5) is 13.6 Å². The molecule has 0 aromatic heterocycles. The number of halogens is 3. The first-order chi connectivity index (χ1) is 16.6. The lowest BCUT2D eigenvalue weighted by Gasteiger charge is -2.28. The van der Waals surface area contributed by atoms with Gasteiger partial charge in [-0.25, -0.2) is 8.78 Å². The van der Waals surface area contributed by atoms with Crippen molar-refractivity contribution < 1.29 is 18.3 Å². The number of hydrogen-bond acceptors (Lipinski definition) is 3. The van der Waals surface area contributed by atoms with Gasteiger partial charge in [-0.15, -0.1) is 0 Å². The monoisotopic (exact) mass is 496 g/mol. The van der Waals surface area contributed by atoms with E-state index in [0.29, 0.717) is 34.9 Å². The van der Waals surface area contributed by atoms with Crippen molar-refractivity contribution in [2.45, 2.75) is 45.2 Å². The third-order valence-electron chi connectivity index (χ3n) is 6.07. The summed E-state index contributed by atoms with van der Waals surface area (Å²) >= 11 is 6.15. The first-order valence-electron chi connectivity index (χ1n) is 11.4. The molecule has 0 saturated carbocycles. The molecule has 2 atom stereocenters. The Kier molecular flexibility index (Phi) is 6.95. The Hall–Kier alpha value is -3.25. The third kappa shape index (κ3) is 5.08. The van der Waals surface area contributed by atoms with Crippen molar-refractivity contribution in [1.29, 1.82) is 0 Å². The minimum atomic E-state index is -0.731. The third-order valence-corrected chi connectivity index (χ3v) is 6.25. The summed E-state index contributed by atoms with van der Waals surface area (Å²) in [5.74, 6) is 0.152. The SMILES string of the molecule is CCOc1cc(C(C)(C)C)ccc1C1=N[C@H](c2ccc(F)cc2)[C@@H](c2ccc(F)cc2)N1C(=O)Cl. The molecule has 35 heavy (non-hydrogen) atoms. The van der Waals surface area contributed by atoms with E-state index in [1.807, 2.05) is 25.1 Å². The molecule has 0 N–H and O–H groups in total. The topological polar surface area (TPSA) is 41.9 Å². The van der Waals surface area contributed by atoms with Gasteiger partial charge in [0.15, 0.2) is 0 Å². The standard InChI is InChI=1S/C28H27ClF2N2O2/c1-5-35-23-16-19(28(2,3)4)10-15-22(23)26-32-24(17-6-11-20(30)12-7-17)25(33(26)27(29)34)18-8-13-21(31)14-9-18/h6-16,24-25H,5H2,1-4H3/t24-,25-/m1/s1. The van der Waals surface area contributed by atoms with Crippen LogP contribution in [0.5, 0.6) is 5.75 Å². The van der Waals surface area contributed by atoms with Gasteiger partial charge in [-0.1, -0.05) is 51.1 Å². The predicted molar refractivity (Wildman–Crippen MR) is 134 cm³/mol. The average molecular weight is 497 g/mol. The van der Waals surface area contributed by atoms with E-state index in [1.54, 1.807) is 24.3 Å². The summed E-state index contributed by atoms with van der Waals surface area (Å²) in [6.45, 7) is 8.63. The molecule has 4 rings (SSSR count). The van der Waals surface area contributed by atoms with Crippen LogP contribution >= 0.6 is 11.6 Å². The van der Waals surface area contributed by atoms with E-state index in [-0.39, 0.29) is 11.2 Å². The van der Waals surface area contributed by atoms with Gasteiger partial charge in [0.25, 0.3) is 0 Å². The van der Waals surface area contributed by atoms with Crippen LogP contribution < -0.4 is 4.74 Å². The molecule has 0 unspecified atom stereocenters. The fourth-order valence-corrected chi connectivity index (χ4v) is 4.47. The summed E-state index contributed by atoms with van der Waals surface area (Å²) in [4.78, 5) is 19.2. The van der Waals surface area contributed by atoms with Crippen LogP contribution in [-0.4, -0.2) is 22.7 Å². The van der Waals surface area contributed by atoms with Crippen LogP contribution in [0.3, 0.4) is 0 Å². The predicted octanol–water partition coefficient (Wildman–Crippen LogP) is 7.56. The summed E-state index contributed by atoms with van der Waals surface area (Å²) in [5, 5.41) is -0.731. The minimum absolute atomic E-state index is 0.114. The van der Waals surface area contributed by atoms with E-state index in [0.717, 1.165) is 5.56 Å². The van der Waals surface area contributed by atoms with Gasteiger partial charge < -0.3 is 4.74 Å². The Morgan fingerprint density at radius 3 is 2.06 bits per heavy atom. The lowest BCUT2D eigenvalue weighted by atomic mass is 9.86. The molecule has 0 radical (unpaired) electrons. The molecule has 1 aliphatic rings. The highest BCUT2D eigenvalue weighted by Crippen LogP contribution is 2.45. The van der Waals surface area contributed by atoms with Crippen molar-refractivity contribution >= 4 is 22.8 Å².